The number of hydrogen-bond acceptors (Lipinski definition) is 9. The number of anilines is 2. The molecule has 9 heteroatoms. The lowest BCUT2D eigenvalue weighted by atomic mass is 10.0. The van der Waals surface area contributed by atoms with E-state index in [1.54, 1.807) is 12.3 Å². The van der Waals surface area contributed by atoms with Crippen LogP contribution in [0.15, 0.2) is 47.7 Å². The van der Waals surface area contributed by atoms with Gasteiger partial charge in [0.25, 0.3) is 0 Å². The van der Waals surface area contributed by atoms with Crippen molar-refractivity contribution in [3.05, 3.63) is 60.2 Å². The average Bonchev–Trinajstić information content (AvgIpc) is 3.31. The van der Waals surface area contributed by atoms with E-state index < -0.39 is 0 Å². The third-order valence-electron chi connectivity index (χ3n) is 6.46. The molecule has 9 nitrogen and oxygen atoms in total. The zero-order valence-corrected chi connectivity index (χ0v) is 19.0. The molecule has 1 atom stereocenters. The summed E-state index contributed by atoms with van der Waals surface area (Å²) in [4.78, 5) is 17.7. The molecule has 5 rings (SSSR count). The fraction of sp³-hybridized carbons (Fsp3) is 0.417. The summed E-state index contributed by atoms with van der Waals surface area (Å²) in [6.45, 7) is 7.60. The number of oxazole rings is 1. The first-order valence-corrected chi connectivity index (χ1v) is 11.3. The Kier molecular flexibility index (Phi) is 5.49. The Hall–Kier alpha value is -3.46. The molecule has 0 spiro atoms. The van der Waals surface area contributed by atoms with Crippen molar-refractivity contribution in [1.29, 1.82) is 5.41 Å². The minimum Gasteiger partial charge on any atom is -0.488 e. The van der Waals surface area contributed by atoms with Gasteiger partial charge in [0.1, 0.15) is 29.8 Å². The van der Waals surface area contributed by atoms with Crippen LogP contribution in [0.3, 0.4) is 0 Å². The number of aromatic nitrogens is 3. The fourth-order valence-corrected chi connectivity index (χ4v) is 4.13. The highest BCUT2D eigenvalue weighted by Crippen LogP contribution is 2.40. The van der Waals surface area contributed by atoms with Gasteiger partial charge in [-0.1, -0.05) is 0 Å². The number of nitrogens with two attached hydrogens (primary N) is 1. The number of hydrogen-bond donors (Lipinski definition) is 2. The highest BCUT2D eigenvalue weighted by atomic mass is 16.5. The van der Waals surface area contributed by atoms with Crippen LogP contribution in [0.1, 0.15) is 43.6 Å². The summed E-state index contributed by atoms with van der Waals surface area (Å²) in [5, 5.41) is 8.78. The molecule has 2 fully saturated rings. The highest BCUT2D eigenvalue weighted by molar-refractivity contribution is 6.13. The Morgan fingerprint density at radius 2 is 2.09 bits per heavy atom. The van der Waals surface area contributed by atoms with Crippen LogP contribution < -0.4 is 15.4 Å². The minimum atomic E-state index is -0.0931. The van der Waals surface area contributed by atoms with Gasteiger partial charge in [-0.25, -0.2) is 15.0 Å². The molecule has 3 aromatic rings. The summed E-state index contributed by atoms with van der Waals surface area (Å²) < 4.78 is 11.2. The summed E-state index contributed by atoms with van der Waals surface area (Å²) >= 11 is 0. The topological polar surface area (TPSA) is 117 Å². The van der Waals surface area contributed by atoms with Gasteiger partial charge in [0.05, 0.1) is 17.1 Å². The Balaban J connectivity index is 1.30. The van der Waals surface area contributed by atoms with Crippen molar-refractivity contribution in [2.24, 2.45) is 0 Å². The Morgan fingerprint density at radius 3 is 2.82 bits per heavy atom. The summed E-state index contributed by atoms with van der Waals surface area (Å²) in [6.07, 6.45) is 6.77. The predicted octanol–water partition coefficient (Wildman–Crippen LogP) is 3.10. The fourth-order valence-electron chi connectivity index (χ4n) is 4.13. The van der Waals surface area contributed by atoms with Crippen LogP contribution >= 0.6 is 0 Å². The van der Waals surface area contributed by atoms with E-state index >= 15 is 0 Å². The van der Waals surface area contributed by atoms with Crippen molar-refractivity contribution in [2.45, 2.75) is 44.9 Å². The van der Waals surface area contributed by atoms with Crippen molar-refractivity contribution in [1.82, 2.24) is 19.9 Å². The molecule has 0 bridgehead atoms. The van der Waals surface area contributed by atoms with Crippen molar-refractivity contribution in [3.8, 4) is 5.75 Å². The molecule has 1 saturated heterocycles. The predicted molar refractivity (Wildman–Crippen MR) is 126 cm³/mol. The molecule has 1 aromatic carbocycles. The van der Waals surface area contributed by atoms with Gasteiger partial charge >= 0.3 is 0 Å². The van der Waals surface area contributed by atoms with Gasteiger partial charge < -0.3 is 19.8 Å². The van der Waals surface area contributed by atoms with E-state index in [-0.39, 0.29) is 11.3 Å². The van der Waals surface area contributed by atoms with Gasteiger partial charge in [0.15, 0.2) is 6.39 Å². The number of ether oxygens (including phenoxy) is 1. The lowest BCUT2D eigenvalue weighted by molar-refractivity contribution is 0.178. The normalized spacial score (nSPS) is 19.9. The zero-order valence-electron chi connectivity index (χ0n) is 19.0. The number of benzene rings is 1. The average molecular weight is 448 g/mol. The summed E-state index contributed by atoms with van der Waals surface area (Å²) in [5.74, 6) is 1.55. The van der Waals surface area contributed by atoms with E-state index in [0.29, 0.717) is 23.0 Å². The van der Waals surface area contributed by atoms with E-state index in [0.717, 1.165) is 56.3 Å². The van der Waals surface area contributed by atoms with Crippen LogP contribution in [0.25, 0.3) is 0 Å². The van der Waals surface area contributed by atoms with Gasteiger partial charge in [0, 0.05) is 49.5 Å². The Morgan fingerprint density at radius 1 is 1.24 bits per heavy atom. The summed E-state index contributed by atoms with van der Waals surface area (Å²) in [6, 6.07) is 7.69. The summed E-state index contributed by atoms with van der Waals surface area (Å²) in [5.41, 5.74) is 9.01. The number of rotatable bonds is 7. The molecular weight excluding hydrogens is 418 g/mol. The van der Waals surface area contributed by atoms with Crippen LogP contribution in [0.5, 0.6) is 5.75 Å². The van der Waals surface area contributed by atoms with E-state index in [4.69, 9.17) is 20.3 Å². The molecule has 0 amide bonds. The van der Waals surface area contributed by atoms with Gasteiger partial charge in [-0.2, -0.15) is 0 Å². The molecule has 1 aliphatic carbocycles. The molecular formula is C24H29N7O2. The lowest BCUT2D eigenvalue weighted by Gasteiger charge is -2.40. The molecule has 33 heavy (non-hydrogen) atoms. The quantitative estimate of drug-likeness (QED) is 0.419. The molecule has 0 unspecified atom stereocenters. The SMILES string of the molecule is C[C@H]1CN(c2cc(C(=N)c3cc(OC4(C)CC4)ccc3N)ncn2)CCN1Cc1cocn1. The smallest absolute Gasteiger partial charge is 0.180 e. The van der Waals surface area contributed by atoms with Crippen molar-refractivity contribution in [2.75, 3.05) is 30.3 Å². The Labute approximate surface area is 193 Å². The zero-order chi connectivity index (χ0) is 23.0. The van der Waals surface area contributed by atoms with Gasteiger partial charge in [-0.05, 0) is 44.9 Å². The molecule has 1 saturated carbocycles. The first-order valence-electron chi connectivity index (χ1n) is 11.3. The standard InChI is InChI=1S/C24H29N7O2/c1-16-11-31(8-7-30(16)12-17-13-32-15-29-17)22-10-21(27-14-28-22)23(26)19-9-18(3-4-20(19)25)33-24(2)5-6-24/h3-4,9-10,13-16,26H,5-8,11-12,25H2,1-2H3/t16-/m0/s1. The molecule has 1 aliphatic heterocycles. The molecule has 2 aliphatic rings. The number of piperazine rings is 1. The maximum atomic E-state index is 8.78. The van der Waals surface area contributed by atoms with Crippen LogP contribution in [0.2, 0.25) is 0 Å². The van der Waals surface area contributed by atoms with Gasteiger partial charge in [-0.15, -0.1) is 0 Å². The molecule has 0 radical (unpaired) electrons. The van der Waals surface area contributed by atoms with E-state index in [1.807, 2.05) is 18.2 Å². The third-order valence-corrected chi connectivity index (χ3v) is 6.46. The lowest BCUT2D eigenvalue weighted by Crippen LogP contribution is -2.51. The first-order chi connectivity index (χ1) is 15.9. The monoisotopic (exact) mass is 447 g/mol. The van der Waals surface area contributed by atoms with Crippen LogP contribution in [-0.4, -0.2) is 56.8 Å². The molecule has 3 N–H and O–H groups in total. The highest BCUT2D eigenvalue weighted by Gasteiger charge is 2.40. The second-order valence-corrected chi connectivity index (χ2v) is 9.18. The number of nitrogen functional groups attached to an aromatic ring is 1. The van der Waals surface area contributed by atoms with Gasteiger partial charge in [0.2, 0.25) is 0 Å². The van der Waals surface area contributed by atoms with Crippen LogP contribution in [0, 0.1) is 5.41 Å². The maximum Gasteiger partial charge on any atom is 0.180 e. The number of nitrogens with one attached hydrogen (secondary N) is 1. The van der Waals surface area contributed by atoms with Crippen molar-refractivity contribution < 1.29 is 9.15 Å². The van der Waals surface area contributed by atoms with Crippen molar-refractivity contribution >= 4 is 17.2 Å². The van der Waals surface area contributed by atoms with Crippen LogP contribution in [-0.2, 0) is 6.54 Å². The minimum absolute atomic E-state index is 0.0931. The van der Waals surface area contributed by atoms with Crippen LogP contribution in [0.4, 0.5) is 11.5 Å². The molecule has 3 heterocycles. The third kappa shape index (κ3) is 4.68. The summed E-state index contributed by atoms with van der Waals surface area (Å²) in [7, 11) is 0. The maximum absolute atomic E-state index is 8.78. The second kappa shape index (κ2) is 8.47. The first kappa shape index (κ1) is 21.4. The Bertz CT molecular complexity index is 1140. The molecule has 2 aromatic heterocycles. The van der Waals surface area contributed by atoms with Crippen molar-refractivity contribution in [3.63, 3.8) is 0 Å². The molecule has 172 valence electrons. The largest absolute Gasteiger partial charge is 0.488 e. The van der Waals surface area contributed by atoms with E-state index in [1.165, 1.54) is 12.7 Å². The van der Waals surface area contributed by atoms with E-state index in [2.05, 4.69) is 38.6 Å². The van der Waals surface area contributed by atoms with E-state index in [9.17, 15) is 0 Å². The number of nitrogens with zero attached hydrogens (tertiary/aromatic N) is 5. The second-order valence-electron chi connectivity index (χ2n) is 9.18. The van der Waals surface area contributed by atoms with Gasteiger partial charge in [-0.3, -0.25) is 10.3 Å².